The zero-order valence-corrected chi connectivity index (χ0v) is 14.4. The van der Waals surface area contributed by atoms with Crippen LogP contribution in [0, 0.1) is 5.82 Å². The number of aromatic carboxylic acids is 1. The molecule has 1 aliphatic heterocycles. The Bertz CT molecular complexity index is 1050. The molecule has 2 atom stereocenters. The number of Topliss-reactive ketones (excluding diaryl/α,β-unsaturated/α-hetero) is 1. The molecule has 2 heterocycles. The number of halogens is 1. The van der Waals surface area contributed by atoms with E-state index in [1.165, 1.54) is 0 Å². The fourth-order valence-electron chi connectivity index (χ4n) is 3.61. The first-order chi connectivity index (χ1) is 13.0. The van der Waals surface area contributed by atoms with E-state index in [2.05, 4.69) is 10.3 Å². The summed E-state index contributed by atoms with van der Waals surface area (Å²) in [6, 6.07) is 10.6. The summed E-state index contributed by atoms with van der Waals surface area (Å²) < 4.78 is 15.8. The Hall–Kier alpha value is -3.48. The average Bonchev–Trinajstić information content (AvgIpc) is 3.07. The second-order valence-electron chi connectivity index (χ2n) is 6.45. The van der Waals surface area contributed by atoms with Gasteiger partial charge in [-0.25, -0.2) is 14.2 Å². The first-order valence-corrected chi connectivity index (χ1v) is 8.37. The van der Waals surface area contributed by atoms with Crippen LogP contribution in [0.1, 0.15) is 44.1 Å². The minimum absolute atomic E-state index is 0.0109. The van der Waals surface area contributed by atoms with E-state index < -0.39 is 23.7 Å². The fourth-order valence-corrected chi connectivity index (χ4v) is 3.61. The highest BCUT2D eigenvalue weighted by atomic mass is 19.1. The highest BCUT2D eigenvalue weighted by Gasteiger charge is 2.41. The van der Waals surface area contributed by atoms with Gasteiger partial charge in [-0.05, 0) is 17.7 Å². The molecule has 0 radical (unpaired) electrons. The molecule has 2 unspecified atom stereocenters. The minimum atomic E-state index is -1.34. The Kier molecular flexibility index (Phi) is 3.99. The van der Waals surface area contributed by atoms with Crippen LogP contribution in [0.15, 0.2) is 54.9 Å². The number of anilines is 1. The molecule has 27 heavy (non-hydrogen) atoms. The van der Waals surface area contributed by atoms with Gasteiger partial charge in [0.1, 0.15) is 11.6 Å². The van der Waals surface area contributed by atoms with Gasteiger partial charge >= 0.3 is 5.97 Å². The number of ketones is 1. The van der Waals surface area contributed by atoms with Crippen LogP contribution < -0.4 is 5.32 Å². The zero-order valence-electron chi connectivity index (χ0n) is 14.4. The second-order valence-corrected chi connectivity index (χ2v) is 6.45. The van der Waals surface area contributed by atoms with Crippen molar-refractivity contribution in [3.05, 3.63) is 83.2 Å². The molecule has 136 valence electrons. The highest BCUT2D eigenvalue weighted by Crippen LogP contribution is 2.43. The van der Waals surface area contributed by atoms with Crippen molar-refractivity contribution in [2.24, 2.45) is 7.05 Å². The van der Waals surface area contributed by atoms with E-state index in [0.29, 0.717) is 5.82 Å². The quantitative estimate of drug-likeness (QED) is 0.743. The van der Waals surface area contributed by atoms with Gasteiger partial charge in [0.2, 0.25) is 0 Å². The van der Waals surface area contributed by atoms with E-state index in [1.807, 2.05) is 30.3 Å². The molecule has 1 aromatic heterocycles. The molecule has 6 nitrogen and oxygen atoms in total. The van der Waals surface area contributed by atoms with Crippen LogP contribution in [0.25, 0.3) is 0 Å². The van der Waals surface area contributed by atoms with Gasteiger partial charge in [-0.15, -0.1) is 0 Å². The number of hydrogen-bond acceptors (Lipinski definition) is 4. The summed E-state index contributed by atoms with van der Waals surface area (Å²) in [7, 11) is 1.81. The van der Waals surface area contributed by atoms with E-state index in [0.717, 1.165) is 17.7 Å². The highest BCUT2D eigenvalue weighted by molar-refractivity contribution is 6.14. The lowest BCUT2D eigenvalue weighted by atomic mass is 9.79. The number of aromatic nitrogens is 2. The SMILES string of the molecule is Cn1ccnc1C1Nc2cc(F)cc(C(=O)O)c2C(=O)C1c1ccccc1. The Labute approximate surface area is 154 Å². The zero-order chi connectivity index (χ0) is 19.1. The molecule has 1 aliphatic rings. The molecule has 2 N–H and O–H groups in total. The number of nitrogens with zero attached hydrogens (tertiary/aromatic N) is 2. The lowest BCUT2D eigenvalue weighted by molar-refractivity contribution is 0.0690. The predicted octanol–water partition coefficient (Wildman–Crippen LogP) is 3.39. The van der Waals surface area contributed by atoms with Crippen LogP contribution in [0.5, 0.6) is 0 Å². The lowest BCUT2D eigenvalue weighted by Crippen LogP contribution is -2.34. The predicted molar refractivity (Wildman–Crippen MR) is 96.4 cm³/mol. The van der Waals surface area contributed by atoms with Crippen molar-refractivity contribution in [1.82, 2.24) is 9.55 Å². The number of carboxylic acids is 1. The number of carbonyl (C=O) groups is 2. The molecule has 0 fully saturated rings. The van der Waals surface area contributed by atoms with Gasteiger partial charge in [-0.2, -0.15) is 0 Å². The molecule has 0 saturated heterocycles. The van der Waals surface area contributed by atoms with Crippen LogP contribution in [0.3, 0.4) is 0 Å². The van der Waals surface area contributed by atoms with Crippen molar-refractivity contribution in [3.63, 3.8) is 0 Å². The Morgan fingerprint density at radius 3 is 2.63 bits per heavy atom. The van der Waals surface area contributed by atoms with Crippen LogP contribution in [0.2, 0.25) is 0 Å². The van der Waals surface area contributed by atoms with Crippen LogP contribution in [-0.4, -0.2) is 26.4 Å². The minimum Gasteiger partial charge on any atom is -0.478 e. The number of imidazole rings is 1. The van der Waals surface area contributed by atoms with Crippen LogP contribution in [0.4, 0.5) is 10.1 Å². The molecule has 7 heteroatoms. The summed E-state index contributed by atoms with van der Waals surface area (Å²) in [6.07, 6.45) is 3.38. The van der Waals surface area contributed by atoms with Gasteiger partial charge in [-0.1, -0.05) is 30.3 Å². The molecule has 0 bridgehead atoms. The molecule has 0 amide bonds. The second kappa shape index (κ2) is 6.35. The number of benzene rings is 2. The fraction of sp³-hybridized carbons (Fsp3) is 0.150. The summed E-state index contributed by atoms with van der Waals surface area (Å²) in [6.45, 7) is 0. The van der Waals surface area contributed by atoms with Crippen molar-refractivity contribution >= 4 is 17.4 Å². The maximum Gasteiger partial charge on any atom is 0.336 e. The monoisotopic (exact) mass is 365 g/mol. The van der Waals surface area contributed by atoms with Crippen molar-refractivity contribution in [2.75, 3.05) is 5.32 Å². The van der Waals surface area contributed by atoms with Crippen molar-refractivity contribution in [3.8, 4) is 0 Å². The van der Waals surface area contributed by atoms with Crippen molar-refractivity contribution in [2.45, 2.75) is 12.0 Å². The smallest absolute Gasteiger partial charge is 0.336 e. The van der Waals surface area contributed by atoms with E-state index in [4.69, 9.17) is 0 Å². The summed E-state index contributed by atoms with van der Waals surface area (Å²) >= 11 is 0. The molecule has 4 rings (SSSR count). The number of nitrogens with one attached hydrogen (secondary N) is 1. The first-order valence-electron chi connectivity index (χ1n) is 8.37. The third-order valence-electron chi connectivity index (χ3n) is 4.80. The van der Waals surface area contributed by atoms with Crippen LogP contribution >= 0.6 is 0 Å². The van der Waals surface area contributed by atoms with Crippen molar-refractivity contribution in [1.29, 1.82) is 0 Å². The molecular weight excluding hydrogens is 349 g/mol. The third kappa shape index (κ3) is 2.77. The van der Waals surface area contributed by atoms with Gasteiger partial charge in [0, 0.05) is 25.1 Å². The maximum absolute atomic E-state index is 14.0. The van der Waals surface area contributed by atoms with Gasteiger partial charge in [0.25, 0.3) is 0 Å². The van der Waals surface area contributed by atoms with E-state index >= 15 is 0 Å². The van der Waals surface area contributed by atoms with Crippen molar-refractivity contribution < 1.29 is 19.1 Å². The van der Waals surface area contributed by atoms with Gasteiger partial charge in [-0.3, -0.25) is 4.79 Å². The number of aryl methyl sites for hydroxylation is 1. The summed E-state index contributed by atoms with van der Waals surface area (Å²) in [5.41, 5.74) is 0.539. The van der Waals surface area contributed by atoms with E-state index in [9.17, 15) is 19.1 Å². The number of carboxylic acid groups (broad SMARTS) is 1. The number of carbonyl (C=O) groups excluding carboxylic acids is 1. The third-order valence-corrected chi connectivity index (χ3v) is 4.80. The molecule has 2 aromatic carbocycles. The van der Waals surface area contributed by atoms with Crippen LogP contribution in [-0.2, 0) is 7.05 Å². The van der Waals surface area contributed by atoms with Gasteiger partial charge in [0.05, 0.1) is 23.1 Å². The first kappa shape index (κ1) is 17.0. The standard InChI is InChI=1S/C20H16FN3O3/c1-24-8-7-22-19(24)17-15(11-5-3-2-4-6-11)18(25)16-13(20(26)27)9-12(21)10-14(16)23-17/h2-10,15,17,23H,1H3,(H,26,27). The summed E-state index contributed by atoms with van der Waals surface area (Å²) in [5.74, 6) is -2.53. The maximum atomic E-state index is 14.0. The Morgan fingerprint density at radius 1 is 1.26 bits per heavy atom. The summed E-state index contributed by atoms with van der Waals surface area (Å²) in [4.78, 5) is 29.4. The molecular formula is C20H16FN3O3. The molecule has 0 saturated carbocycles. The normalized spacial score (nSPS) is 18.7. The topological polar surface area (TPSA) is 84.2 Å². The van der Waals surface area contributed by atoms with E-state index in [1.54, 1.807) is 24.0 Å². The number of rotatable bonds is 3. The summed E-state index contributed by atoms with van der Waals surface area (Å²) in [5, 5.41) is 12.6. The average molecular weight is 365 g/mol. The number of fused-ring (bicyclic) bond motifs is 1. The lowest BCUT2D eigenvalue weighted by Gasteiger charge is -2.34. The van der Waals surface area contributed by atoms with E-state index in [-0.39, 0.29) is 22.6 Å². The molecule has 0 aliphatic carbocycles. The Balaban J connectivity index is 1.95. The number of hydrogen-bond donors (Lipinski definition) is 2. The molecule has 3 aromatic rings. The van der Waals surface area contributed by atoms with Gasteiger partial charge < -0.3 is 15.0 Å². The largest absolute Gasteiger partial charge is 0.478 e. The Morgan fingerprint density at radius 2 is 2.00 bits per heavy atom. The molecule has 0 spiro atoms. The van der Waals surface area contributed by atoms with Gasteiger partial charge in [0.15, 0.2) is 5.78 Å².